The molecule has 0 nitrogen and oxygen atoms in total. The van der Waals surface area contributed by atoms with Gasteiger partial charge in [0.15, 0.2) is 0 Å². The highest BCUT2D eigenvalue weighted by Gasteiger charge is 2.18. The second kappa shape index (κ2) is 12.3. The molecule has 0 spiro atoms. The first-order valence-electron chi connectivity index (χ1n) is 19.9. The van der Waals surface area contributed by atoms with E-state index >= 15 is 0 Å². The second-order valence-corrected chi connectivity index (χ2v) is 17.7. The molecule has 0 aliphatic heterocycles. The van der Waals surface area contributed by atoms with Crippen LogP contribution in [0.2, 0.25) is 0 Å². The van der Waals surface area contributed by atoms with E-state index in [-0.39, 0.29) is 0 Å². The van der Waals surface area contributed by atoms with Crippen LogP contribution in [0, 0.1) is 0 Å². The minimum atomic E-state index is 1.24. The monoisotopic (exact) mass is 768 g/mol. The molecular formula is C56H32S2. The van der Waals surface area contributed by atoms with Crippen LogP contribution in [-0.4, -0.2) is 0 Å². The molecule has 58 heavy (non-hydrogen) atoms. The Hall–Kier alpha value is -6.84. The van der Waals surface area contributed by atoms with Crippen molar-refractivity contribution >= 4 is 117 Å². The Morgan fingerprint density at radius 3 is 1.26 bits per heavy atom. The van der Waals surface area contributed by atoms with E-state index in [1.54, 1.807) is 0 Å². The summed E-state index contributed by atoms with van der Waals surface area (Å²) < 4.78 is 5.52. The average molecular weight is 769 g/mol. The maximum atomic E-state index is 2.42. The molecular weight excluding hydrogens is 737 g/mol. The van der Waals surface area contributed by atoms with Gasteiger partial charge in [0.1, 0.15) is 0 Å². The predicted octanol–water partition coefficient (Wildman–Crippen LogP) is 17.2. The van der Waals surface area contributed by atoms with E-state index in [0.29, 0.717) is 0 Å². The van der Waals surface area contributed by atoms with Crippen LogP contribution in [0.4, 0.5) is 0 Å². The Morgan fingerprint density at radius 2 is 0.638 bits per heavy atom. The lowest BCUT2D eigenvalue weighted by atomic mass is 9.85. The minimum Gasteiger partial charge on any atom is -0.134 e. The van der Waals surface area contributed by atoms with Crippen molar-refractivity contribution < 1.29 is 0 Å². The van der Waals surface area contributed by atoms with E-state index in [1.165, 1.54) is 128 Å². The van der Waals surface area contributed by atoms with E-state index in [1.807, 2.05) is 22.7 Å². The van der Waals surface area contributed by atoms with Gasteiger partial charge >= 0.3 is 0 Å². The molecule has 2 aromatic heterocycles. The summed E-state index contributed by atoms with van der Waals surface area (Å²) in [6.07, 6.45) is 0. The van der Waals surface area contributed by atoms with Crippen molar-refractivity contribution in [2.45, 2.75) is 0 Å². The van der Waals surface area contributed by atoms with Gasteiger partial charge in [0.05, 0.1) is 9.40 Å². The van der Waals surface area contributed by atoms with Gasteiger partial charge in [-0.15, -0.1) is 22.7 Å². The SMILES string of the molecule is c1ccc2cc(-c3c4ccccc4c(-c4ccc5cc(-c6ccc7cc8sc9c(ccc%10c%11ccccc%11sc%109)c8cc7c6)ccc5c4)c4ccccc34)ccc2c1. The Bertz CT molecular complexity index is 3800. The summed E-state index contributed by atoms with van der Waals surface area (Å²) >= 11 is 3.86. The molecule has 2 heteroatoms. The molecule has 13 aromatic rings. The Balaban J connectivity index is 0.917. The van der Waals surface area contributed by atoms with Crippen molar-refractivity contribution in [3.8, 4) is 33.4 Å². The number of hydrogen-bond acceptors (Lipinski definition) is 2. The highest BCUT2D eigenvalue weighted by molar-refractivity contribution is 7.33. The summed E-state index contributed by atoms with van der Waals surface area (Å²) in [6, 6.07) is 72.6. The average Bonchev–Trinajstić information content (AvgIpc) is 3.85. The zero-order valence-corrected chi connectivity index (χ0v) is 32.9. The standard InChI is InChI=1S/C56H32S2/c1-2-10-34-28-40(23-17-33(34)9-1)53-44-12-3-5-14-46(44)54(47-15-6-4-13-45(47)53)41-24-22-36-27-35(18-19-37(36)29-41)38-20-21-39-32-52-50(31-42(39)30-38)49-26-25-48-43-11-7-8-16-51(43)57-55(48)56(49)58-52/h1-32H. The second-order valence-electron chi connectivity index (χ2n) is 15.6. The lowest BCUT2D eigenvalue weighted by molar-refractivity contribution is 1.66. The maximum Gasteiger partial charge on any atom is 0.0534 e. The lowest BCUT2D eigenvalue weighted by Gasteiger charge is -2.18. The third-order valence-electron chi connectivity index (χ3n) is 12.4. The van der Waals surface area contributed by atoms with Crippen LogP contribution < -0.4 is 0 Å². The van der Waals surface area contributed by atoms with Crippen LogP contribution in [0.15, 0.2) is 194 Å². The number of fused-ring (bicyclic) bond motifs is 12. The van der Waals surface area contributed by atoms with Gasteiger partial charge in [0, 0.05) is 30.9 Å². The Kier molecular flexibility index (Phi) is 6.86. The van der Waals surface area contributed by atoms with Gasteiger partial charge in [-0.25, -0.2) is 0 Å². The first kappa shape index (κ1) is 32.3. The molecule has 13 rings (SSSR count). The van der Waals surface area contributed by atoms with Crippen LogP contribution in [-0.2, 0) is 0 Å². The predicted molar refractivity (Wildman–Crippen MR) is 256 cm³/mol. The summed E-state index contributed by atoms with van der Waals surface area (Å²) in [6.45, 7) is 0. The third-order valence-corrected chi connectivity index (χ3v) is 14.9. The van der Waals surface area contributed by atoms with Gasteiger partial charge in [-0.2, -0.15) is 0 Å². The summed E-state index contributed by atoms with van der Waals surface area (Å²) in [4.78, 5) is 0. The van der Waals surface area contributed by atoms with Crippen molar-refractivity contribution in [1.29, 1.82) is 0 Å². The van der Waals surface area contributed by atoms with Crippen LogP contribution in [0.25, 0.3) is 128 Å². The first-order valence-corrected chi connectivity index (χ1v) is 21.5. The molecule has 0 amide bonds. The number of benzene rings is 11. The molecule has 0 aliphatic rings. The molecule has 0 aliphatic carbocycles. The Labute approximate surface area is 342 Å². The fourth-order valence-electron chi connectivity index (χ4n) is 9.61. The van der Waals surface area contributed by atoms with Gasteiger partial charge in [-0.05, 0) is 130 Å². The van der Waals surface area contributed by atoms with E-state index in [9.17, 15) is 0 Å². The van der Waals surface area contributed by atoms with E-state index < -0.39 is 0 Å². The zero-order valence-electron chi connectivity index (χ0n) is 31.3. The lowest BCUT2D eigenvalue weighted by Crippen LogP contribution is -1.91. The minimum absolute atomic E-state index is 1.24. The smallest absolute Gasteiger partial charge is 0.0534 e. The summed E-state index contributed by atoms with van der Waals surface area (Å²) in [5.74, 6) is 0. The fraction of sp³-hybridized carbons (Fsp3) is 0. The third kappa shape index (κ3) is 4.80. The van der Waals surface area contributed by atoms with E-state index in [2.05, 4.69) is 194 Å². The molecule has 0 fully saturated rings. The number of rotatable bonds is 3. The van der Waals surface area contributed by atoms with Gasteiger partial charge < -0.3 is 0 Å². The summed E-state index contributed by atoms with van der Waals surface area (Å²) in [7, 11) is 0. The van der Waals surface area contributed by atoms with Crippen LogP contribution in [0.5, 0.6) is 0 Å². The van der Waals surface area contributed by atoms with Crippen LogP contribution >= 0.6 is 22.7 Å². The van der Waals surface area contributed by atoms with Gasteiger partial charge in [0.25, 0.3) is 0 Å². The van der Waals surface area contributed by atoms with Crippen LogP contribution in [0.1, 0.15) is 0 Å². The van der Waals surface area contributed by atoms with Crippen LogP contribution in [0.3, 0.4) is 0 Å². The number of hydrogen-bond donors (Lipinski definition) is 0. The molecule has 11 aromatic carbocycles. The molecule has 0 N–H and O–H groups in total. The quantitative estimate of drug-likeness (QED) is 0.157. The van der Waals surface area contributed by atoms with Crippen molar-refractivity contribution in [1.82, 2.24) is 0 Å². The molecule has 0 unspecified atom stereocenters. The molecule has 0 radical (unpaired) electrons. The molecule has 0 bridgehead atoms. The molecule has 268 valence electrons. The van der Waals surface area contributed by atoms with E-state index in [4.69, 9.17) is 0 Å². The largest absolute Gasteiger partial charge is 0.134 e. The molecule has 0 atom stereocenters. The maximum absolute atomic E-state index is 2.42. The van der Waals surface area contributed by atoms with E-state index in [0.717, 1.165) is 0 Å². The van der Waals surface area contributed by atoms with Gasteiger partial charge in [0.2, 0.25) is 0 Å². The normalized spacial score (nSPS) is 12.1. The highest BCUT2D eigenvalue weighted by Crippen LogP contribution is 2.47. The van der Waals surface area contributed by atoms with Gasteiger partial charge in [-0.1, -0.05) is 152 Å². The molecule has 0 saturated carbocycles. The zero-order chi connectivity index (χ0) is 37.9. The van der Waals surface area contributed by atoms with Crippen molar-refractivity contribution in [2.24, 2.45) is 0 Å². The fourth-order valence-corrected chi connectivity index (χ4v) is 12.2. The van der Waals surface area contributed by atoms with Crippen molar-refractivity contribution in [2.75, 3.05) is 0 Å². The first-order chi connectivity index (χ1) is 28.7. The van der Waals surface area contributed by atoms with Gasteiger partial charge in [-0.3, -0.25) is 0 Å². The summed E-state index contributed by atoms with van der Waals surface area (Å²) in [5.41, 5.74) is 7.55. The molecule has 2 heterocycles. The number of thiophene rings is 2. The van der Waals surface area contributed by atoms with Crippen molar-refractivity contribution in [3.63, 3.8) is 0 Å². The topological polar surface area (TPSA) is 0 Å². The highest BCUT2D eigenvalue weighted by atomic mass is 32.1. The van der Waals surface area contributed by atoms with Crippen molar-refractivity contribution in [3.05, 3.63) is 194 Å². The molecule has 0 saturated heterocycles. The Morgan fingerprint density at radius 1 is 0.224 bits per heavy atom. The summed E-state index contributed by atoms with van der Waals surface area (Å²) in [5, 5.41) is 18.1.